The highest BCUT2D eigenvalue weighted by molar-refractivity contribution is 7.20. The number of aromatic carboxylic acids is 1. The van der Waals surface area contributed by atoms with Crippen LogP contribution in [0.15, 0.2) is 30.3 Å². The average Bonchev–Trinajstić information content (AvgIpc) is 2.76. The van der Waals surface area contributed by atoms with Crippen LogP contribution in [-0.4, -0.2) is 16.1 Å². The number of carbonyl (C=O) groups is 1. The van der Waals surface area contributed by atoms with Gasteiger partial charge in [0.1, 0.15) is 10.2 Å². The molecule has 106 valence electrons. The zero-order chi connectivity index (χ0) is 15.1. The Morgan fingerprint density at radius 3 is 2.62 bits per heavy atom. The Morgan fingerprint density at radius 1 is 1.24 bits per heavy atom. The average molecular weight is 342 g/mol. The monoisotopic (exact) mass is 341 g/mol. The molecule has 0 fully saturated rings. The molecule has 0 amide bonds. The molecule has 3 nitrogen and oxygen atoms in total. The molecule has 2 aromatic heterocycles. The number of benzene rings is 1. The fraction of sp³-hybridized carbons (Fsp3) is 0. The van der Waals surface area contributed by atoms with Gasteiger partial charge in [-0.15, -0.1) is 11.3 Å². The molecule has 0 aliphatic rings. The molecule has 0 atom stereocenters. The first-order chi connectivity index (χ1) is 9.95. The first kappa shape index (κ1) is 14.3. The number of nitrogens with zero attached hydrogens (tertiary/aromatic N) is 1. The summed E-state index contributed by atoms with van der Waals surface area (Å²) in [6.45, 7) is 0. The number of fused-ring (bicyclic) bond motifs is 1. The molecular weight excluding hydrogens is 336 g/mol. The van der Waals surface area contributed by atoms with Crippen LogP contribution in [-0.2, 0) is 0 Å². The van der Waals surface area contributed by atoms with Crippen molar-refractivity contribution in [1.82, 2.24) is 4.98 Å². The second kappa shape index (κ2) is 5.26. The van der Waals surface area contributed by atoms with Crippen LogP contribution in [0.25, 0.3) is 22.2 Å². The van der Waals surface area contributed by atoms with E-state index in [1.165, 1.54) is 29.5 Å². The minimum atomic E-state index is -1.16. The molecule has 7 heteroatoms. The van der Waals surface area contributed by atoms with Gasteiger partial charge in [-0.1, -0.05) is 23.2 Å². The summed E-state index contributed by atoms with van der Waals surface area (Å²) in [6.07, 6.45) is 0. The fourth-order valence-corrected chi connectivity index (χ4v) is 3.51. The standard InChI is InChI=1S/C14H6Cl2FNO2S/c15-12-5-9(13(16)21-12)11-4-8(14(19)20)7-3-6(17)1-2-10(7)18-11/h1-5H,(H,19,20). The SMILES string of the molecule is O=C(O)c1cc(-c2cc(Cl)sc2Cl)nc2ccc(F)cc12. The number of carboxylic acids is 1. The number of hydrogen-bond donors (Lipinski definition) is 1. The normalized spacial score (nSPS) is 11.0. The van der Waals surface area contributed by atoms with Gasteiger partial charge >= 0.3 is 5.97 Å². The van der Waals surface area contributed by atoms with Crippen molar-refractivity contribution in [2.45, 2.75) is 0 Å². The lowest BCUT2D eigenvalue weighted by molar-refractivity contribution is 0.0699. The van der Waals surface area contributed by atoms with Crippen molar-refractivity contribution in [2.24, 2.45) is 0 Å². The highest BCUT2D eigenvalue weighted by atomic mass is 35.5. The third kappa shape index (κ3) is 2.60. The largest absolute Gasteiger partial charge is 0.478 e. The molecule has 0 saturated carbocycles. The van der Waals surface area contributed by atoms with Gasteiger partial charge in [0.2, 0.25) is 0 Å². The number of hydrogen-bond acceptors (Lipinski definition) is 3. The van der Waals surface area contributed by atoms with Crippen LogP contribution in [0.2, 0.25) is 8.67 Å². The molecule has 0 radical (unpaired) electrons. The number of rotatable bonds is 2. The van der Waals surface area contributed by atoms with E-state index in [0.29, 0.717) is 25.4 Å². The molecule has 0 bridgehead atoms. The predicted molar refractivity (Wildman–Crippen MR) is 82.0 cm³/mol. The number of aromatic nitrogens is 1. The van der Waals surface area contributed by atoms with E-state index in [4.69, 9.17) is 23.2 Å². The summed E-state index contributed by atoms with van der Waals surface area (Å²) >= 11 is 13.1. The summed E-state index contributed by atoms with van der Waals surface area (Å²) < 4.78 is 14.2. The van der Waals surface area contributed by atoms with Gasteiger partial charge in [0.05, 0.1) is 21.1 Å². The van der Waals surface area contributed by atoms with Gasteiger partial charge in [-0.2, -0.15) is 0 Å². The molecule has 0 spiro atoms. The lowest BCUT2D eigenvalue weighted by Gasteiger charge is -2.06. The van der Waals surface area contributed by atoms with Crippen molar-refractivity contribution in [2.75, 3.05) is 0 Å². The summed E-state index contributed by atoms with van der Waals surface area (Å²) in [6, 6.07) is 6.81. The van der Waals surface area contributed by atoms with Crippen LogP contribution < -0.4 is 0 Å². The topological polar surface area (TPSA) is 50.2 Å². The Balaban J connectivity index is 2.33. The number of thiophene rings is 1. The van der Waals surface area contributed by atoms with E-state index >= 15 is 0 Å². The second-order valence-electron chi connectivity index (χ2n) is 4.26. The van der Waals surface area contributed by atoms with Crippen LogP contribution in [0.3, 0.4) is 0 Å². The summed E-state index contributed by atoms with van der Waals surface area (Å²) in [5, 5.41) is 9.55. The molecule has 3 rings (SSSR count). The van der Waals surface area contributed by atoms with E-state index in [-0.39, 0.29) is 10.9 Å². The van der Waals surface area contributed by atoms with E-state index in [1.807, 2.05) is 0 Å². The van der Waals surface area contributed by atoms with Crippen LogP contribution >= 0.6 is 34.5 Å². The van der Waals surface area contributed by atoms with Crippen LogP contribution in [0.1, 0.15) is 10.4 Å². The smallest absolute Gasteiger partial charge is 0.336 e. The third-order valence-electron chi connectivity index (χ3n) is 2.93. The number of pyridine rings is 1. The third-order valence-corrected chi connectivity index (χ3v) is 4.42. The Kier molecular flexibility index (Phi) is 3.57. The summed E-state index contributed by atoms with van der Waals surface area (Å²) in [5.74, 6) is -1.68. The lowest BCUT2D eigenvalue weighted by atomic mass is 10.1. The van der Waals surface area contributed by atoms with Crippen LogP contribution in [0.4, 0.5) is 4.39 Å². The van der Waals surface area contributed by atoms with Gasteiger partial charge in [-0.3, -0.25) is 0 Å². The molecule has 0 aliphatic heterocycles. The Hall–Kier alpha value is -1.69. The van der Waals surface area contributed by atoms with E-state index in [1.54, 1.807) is 6.07 Å². The van der Waals surface area contributed by atoms with Crippen molar-refractivity contribution < 1.29 is 14.3 Å². The second-order valence-corrected chi connectivity index (χ2v) is 6.55. The molecular formula is C14H6Cl2FNO2S. The molecule has 0 unspecified atom stereocenters. The quantitative estimate of drug-likeness (QED) is 0.704. The molecule has 2 heterocycles. The van der Waals surface area contributed by atoms with Crippen LogP contribution in [0.5, 0.6) is 0 Å². The van der Waals surface area contributed by atoms with Gasteiger partial charge in [-0.25, -0.2) is 14.2 Å². The number of carboxylic acid groups (broad SMARTS) is 1. The highest BCUT2D eigenvalue weighted by Crippen LogP contribution is 2.38. The zero-order valence-corrected chi connectivity index (χ0v) is 12.6. The van der Waals surface area contributed by atoms with Crippen molar-refractivity contribution in [3.8, 4) is 11.3 Å². The van der Waals surface area contributed by atoms with Gasteiger partial charge < -0.3 is 5.11 Å². The summed E-state index contributed by atoms with van der Waals surface area (Å²) in [4.78, 5) is 15.7. The summed E-state index contributed by atoms with van der Waals surface area (Å²) in [7, 11) is 0. The highest BCUT2D eigenvalue weighted by Gasteiger charge is 2.16. The van der Waals surface area contributed by atoms with E-state index in [2.05, 4.69) is 4.98 Å². The molecule has 0 aliphatic carbocycles. The van der Waals surface area contributed by atoms with Gasteiger partial charge in [-0.05, 0) is 30.3 Å². The van der Waals surface area contributed by atoms with E-state index < -0.39 is 11.8 Å². The van der Waals surface area contributed by atoms with Gasteiger partial charge in [0.15, 0.2) is 0 Å². The van der Waals surface area contributed by atoms with Crippen molar-refractivity contribution >= 4 is 51.4 Å². The fourth-order valence-electron chi connectivity index (χ4n) is 2.03. The lowest BCUT2D eigenvalue weighted by Crippen LogP contribution is -2.00. The Morgan fingerprint density at radius 2 is 2.00 bits per heavy atom. The van der Waals surface area contributed by atoms with Crippen molar-refractivity contribution in [3.63, 3.8) is 0 Å². The van der Waals surface area contributed by atoms with E-state index in [9.17, 15) is 14.3 Å². The molecule has 1 N–H and O–H groups in total. The van der Waals surface area contributed by atoms with E-state index in [0.717, 1.165) is 6.07 Å². The maximum atomic E-state index is 13.3. The van der Waals surface area contributed by atoms with Gasteiger partial charge in [0, 0.05) is 10.9 Å². The minimum absolute atomic E-state index is 0.0344. The minimum Gasteiger partial charge on any atom is -0.478 e. The Labute approximate surface area is 132 Å². The van der Waals surface area contributed by atoms with Crippen molar-refractivity contribution in [1.29, 1.82) is 0 Å². The zero-order valence-electron chi connectivity index (χ0n) is 10.2. The maximum absolute atomic E-state index is 13.3. The first-order valence-electron chi connectivity index (χ1n) is 5.74. The molecule has 3 aromatic rings. The molecule has 21 heavy (non-hydrogen) atoms. The summed E-state index contributed by atoms with van der Waals surface area (Å²) in [5.41, 5.74) is 1.29. The van der Waals surface area contributed by atoms with Gasteiger partial charge in [0.25, 0.3) is 0 Å². The molecule has 0 saturated heterocycles. The molecule has 1 aromatic carbocycles. The first-order valence-corrected chi connectivity index (χ1v) is 7.32. The van der Waals surface area contributed by atoms with Crippen LogP contribution in [0, 0.1) is 5.82 Å². The maximum Gasteiger partial charge on any atom is 0.336 e. The predicted octanol–water partition coefficient (Wildman–Crippen LogP) is 5.11. The van der Waals surface area contributed by atoms with Crippen molar-refractivity contribution in [3.05, 3.63) is 50.4 Å². The Bertz CT molecular complexity index is 879. The number of halogens is 3.